The Hall–Kier alpha value is -0.610. The molecule has 0 amide bonds. The summed E-state index contributed by atoms with van der Waals surface area (Å²) in [6.07, 6.45) is 0.587. The van der Waals surface area contributed by atoms with Crippen LogP contribution < -0.4 is 5.32 Å². The van der Waals surface area contributed by atoms with Gasteiger partial charge in [-0.15, -0.1) is 0 Å². The molecule has 3 N–H and O–H groups in total. The molecule has 11 heavy (non-hydrogen) atoms. The van der Waals surface area contributed by atoms with Gasteiger partial charge in [-0.1, -0.05) is 0 Å². The lowest BCUT2D eigenvalue weighted by atomic mass is 9.93. The van der Waals surface area contributed by atoms with Crippen molar-refractivity contribution in [3.63, 3.8) is 0 Å². The van der Waals surface area contributed by atoms with Crippen LogP contribution in [0.2, 0.25) is 0 Å². The van der Waals surface area contributed by atoms with Gasteiger partial charge in [0.1, 0.15) is 0 Å². The van der Waals surface area contributed by atoms with E-state index in [2.05, 4.69) is 5.32 Å². The first kappa shape index (κ1) is 8.49. The molecule has 1 saturated heterocycles. The Labute approximate surface area is 65.2 Å². The molecule has 1 fully saturated rings. The lowest BCUT2D eigenvalue weighted by Gasteiger charge is -2.11. The molecule has 0 saturated carbocycles. The average molecular weight is 159 g/mol. The van der Waals surface area contributed by atoms with E-state index in [4.69, 9.17) is 10.2 Å². The van der Waals surface area contributed by atoms with Crippen LogP contribution in [0.1, 0.15) is 6.42 Å². The third kappa shape index (κ3) is 1.91. The Morgan fingerprint density at radius 3 is 2.82 bits per heavy atom. The topological polar surface area (TPSA) is 69.6 Å². The first-order chi connectivity index (χ1) is 5.25. The minimum absolute atomic E-state index is 0.0795. The van der Waals surface area contributed by atoms with Crippen LogP contribution >= 0.6 is 0 Å². The summed E-state index contributed by atoms with van der Waals surface area (Å²) in [7, 11) is 0. The lowest BCUT2D eigenvalue weighted by Crippen LogP contribution is -2.22. The fourth-order valence-corrected chi connectivity index (χ4v) is 1.49. The Morgan fingerprint density at radius 1 is 1.55 bits per heavy atom. The third-order valence-electron chi connectivity index (χ3n) is 2.16. The number of aliphatic hydroxyl groups excluding tert-OH is 1. The number of carboxylic acids is 1. The quantitative estimate of drug-likeness (QED) is 0.508. The van der Waals surface area contributed by atoms with Crippen LogP contribution in [-0.4, -0.2) is 35.9 Å². The highest BCUT2D eigenvalue weighted by molar-refractivity contribution is 5.71. The molecule has 4 nitrogen and oxygen atoms in total. The van der Waals surface area contributed by atoms with Crippen molar-refractivity contribution in [2.75, 3.05) is 19.7 Å². The van der Waals surface area contributed by atoms with Gasteiger partial charge in [-0.25, -0.2) is 0 Å². The molecule has 0 aromatic rings. The predicted molar refractivity (Wildman–Crippen MR) is 39.2 cm³/mol. The summed E-state index contributed by atoms with van der Waals surface area (Å²) in [5, 5.41) is 20.3. The van der Waals surface area contributed by atoms with Crippen LogP contribution in [0, 0.1) is 11.8 Å². The molecule has 0 radical (unpaired) electrons. The van der Waals surface area contributed by atoms with Crippen molar-refractivity contribution in [2.24, 2.45) is 11.8 Å². The number of aliphatic carboxylic acids is 1. The summed E-state index contributed by atoms with van der Waals surface area (Å²) in [5.74, 6) is -0.951. The van der Waals surface area contributed by atoms with E-state index in [9.17, 15) is 4.79 Å². The van der Waals surface area contributed by atoms with Crippen molar-refractivity contribution in [3.05, 3.63) is 0 Å². The van der Waals surface area contributed by atoms with Gasteiger partial charge >= 0.3 is 5.97 Å². The number of carbonyl (C=O) groups is 1. The smallest absolute Gasteiger partial charge is 0.308 e. The standard InChI is InChI=1S/C7H13NO3/c9-2-1-5-3-8-4-6(5)7(10)11/h5-6,8-9H,1-4H2,(H,10,11)/t5-,6-/m0/s1. The summed E-state index contributed by atoms with van der Waals surface area (Å²) >= 11 is 0. The molecule has 4 heteroatoms. The van der Waals surface area contributed by atoms with E-state index in [1.807, 2.05) is 0 Å². The molecule has 1 rings (SSSR count). The van der Waals surface area contributed by atoms with Crippen LogP contribution in [0.3, 0.4) is 0 Å². The summed E-state index contributed by atoms with van der Waals surface area (Å²) in [6, 6.07) is 0. The highest BCUT2D eigenvalue weighted by atomic mass is 16.4. The molecule has 0 aromatic carbocycles. The van der Waals surface area contributed by atoms with Crippen LogP contribution in [0.5, 0.6) is 0 Å². The maximum atomic E-state index is 10.6. The van der Waals surface area contributed by atoms with Gasteiger partial charge in [0.2, 0.25) is 0 Å². The Morgan fingerprint density at radius 2 is 2.27 bits per heavy atom. The van der Waals surface area contributed by atoms with Gasteiger partial charge in [0.25, 0.3) is 0 Å². The normalized spacial score (nSPS) is 30.6. The van der Waals surface area contributed by atoms with Crippen molar-refractivity contribution in [3.8, 4) is 0 Å². The second-order valence-corrected chi connectivity index (χ2v) is 2.88. The summed E-state index contributed by atoms with van der Waals surface area (Å²) in [4.78, 5) is 10.6. The first-order valence-corrected chi connectivity index (χ1v) is 3.80. The molecule has 0 aliphatic carbocycles. The summed E-state index contributed by atoms with van der Waals surface area (Å²) in [5.41, 5.74) is 0. The zero-order valence-electron chi connectivity index (χ0n) is 6.29. The highest BCUT2D eigenvalue weighted by Gasteiger charge is 2.31. The minimum Gasteiger partial charge on any atom is -0.481 e. The number of carboxylic acid groups (broad SMARTS) is 1. The maximum absolute atomic E-state index is 10.6. The predicted octanol–water partition coefficient (Wildman–Crippen LogP) is -0.711. The second-order valence-electron chi connectivity index (χ2n) is 2.88. The molecule has 64 valence electrons. The van der Waals surface area contributed by atoms with E-state index in [-0.39, 0.29) is 18.4 Å². The largest absolute Gasteiger partial charge is 0.481 e. The maximum Gasteiger partial charge on any atom is 0.308 e. The fraction of sp³-hybridized carbons (Fsp3) is 0.857. The fourth-order valence-electron chi connectivity index (χ4n) is 1.49. The van der Waals surface area contributed by atoms with Crippen molar-refractivity contribution >= 4 is 5.97 Å². The van der Waals surface area contributed by atoms with Gasteiger partial charge in [0.05, 0.1) is 5.92 Å². The van der Waals surface area contributed by atoms with Gasteiger partial charge in [-0.2, -0.15) is 0 Å². The Balaban J connectivity index is 2.44. The van der Waals surface area contributed by atoms with Gasteiger partial charge < -0.3 is 15.5 Å². The molecule has 0 aromatic heterocycles. The Bertz CT molecular complexity index is 149. The zero-order chi connectivity index (χ0) is 8.27. The number of nitrogens with one attached hydrogen (secondary N) is 1. The van der Waals surface area contributed by atoms with E-state index in [1.165, 1.54) is 0 Å². The molecule has 0 spiro atoms. The molecular formula is C7H13NO3. The highest BCUT2D eigenvalue weighted by Crippen LogP contribution is 2.19. The molecular weight excluding hydrogens is 146 g/mol. The second kappa shape index (κ2) is 3.69. The molecule has 0 bridgehead atoms. The van der Waals surface area contributed by atoms with E-state index >= 15 is 0 Å². The van der Waals surface area contributed by atoms with Crippen molar-refractivity contribution in [1.29, 1.82) is 0 Å². The number of aliphatic hydroxyl groups is 1. The van der Waals surface area contributed by atoms with Crippen LogP contribution in [0.4, 0.5) is 0 Å². The molecule has 1 aliphatic heterocycles. The first-order valence-electron chi connectivity index (χ1n) is 3.80. The average Bonchev–Trinajstić information content (AvgIpc) is 2.36. The van der Waals surface area contributed by atoms with Gasteiger partial charge in [0.15, 0.2) is 0 Å². The van der Waals surface area contributed by atoms with Crippen LogP contribution in [0.15, 0.2) is 0 Å². The van der Waals surface area contributed by atoms with E-state index in [1.54, 1.807) is 0 Å². The van der Waals surface area contributed by atoms with Crippen LogP contribution in [-0.2, 0) is 4.79 Å². The Kier molecular flexibility index (Phi) is 2.84. The summed E-state index contributed by atoms with van der Waals surface area (Å²) < 4.78 is 0. The van der Waals surface area contributed by atoms with Gasteiger partial charge in [0, 0.05) is 13.2 Å². The molecule has 0 unspecified atom stereocenters. The van der Waals surface area contributed by atoms with Crippen molar-refractivity contribution in [2.45, 2.75) is 6.42 Å². The molecule has 1 heterocycles. The molecule has 2 atom stereocenters. The van der Waals surface area contributed by atoms with E-state index in [0.29, 0.717) is 13.0 Å². The summed E-state index contributed by atoms with van der Waals surface area (Å²) in [6.45, 7) is 1.34. The zero-order valence-corrected chi connectivity index (χ0v) is 6.29. The van der Waals surface area contributed by atoms with Crippen molar-refractivity contribution in [1.82, 2.24) is 5.32 Å². The lowest BCUT2D eigenvalue weighted by molar-refractivity contribution is -0.142. The molecule has 1 aliphatic rings. The number of hydrogen-bond donors (Lipinski definition) is 3. The monoisotopic (exact) mass is 159 g/mol. The third-order valence-corrected chi connectivity index (χ3v) is 2.16. The minimum atomic E-state index is -0.756. The van der Waals surface area contributed by atoms with Crippen molar-refractivity contribution < 1.29 is 15.0 Å². The van der Waals surface area contributed by atoms with E-state index < -0.39 is 5.97 Å². The van der Waals surface area contributed by atoms with Crippen LogP contribution in [0.25, 0.3) is 0 Å². The van der Waals surface area contributed by atoms with Gasteiger partial charge in [-0.3, -0.25) is 4.79 Å². The van der Waals surface area contributed by atoms with E-state index in [0.717, 1.165) is 6.54 Å². The number of hydrogen-bond acceptors (Lipinski definition) is 3. The van der Waals surface area contributed by atoms with Gasteiger partial charge in [-0.05, 0) is 18.9 Å². The SMILES string of the molecule is O=C(O)[C@H]1CNC[C@@H]1CCO. The number of rotatable bonds is 3.